The molecule has 4 aromatic heterocycles. The highest BCUT2D eigenvalue weighted by molar-refractivity contribution is 6.15. The molecule has 0 atom stereocenters. The summed E-state index contributed by atoms with van der Waals surface area (Å²) in [5.41, 5.74) is 11.4. The Morgan fingerprint density at radius 1 is 0.395 bits per heavy atom. The Morgan fingerprint density at radius 2 is 0.953 bits per heavy atom. The van der Waals surface area contributed by atoms with Crippen molar-refractivity contribution in [2.45, 2.75) is 0 Å². The third-order valence-corrected chi connectivity index (χ3v) is 8.26. The highest BCUT2D eigenvalue weighted by Crippen LogP contribution is 2.40. The third-order valence-electron chi connectivity index (χ3n) is 8.26. The van der Waals surface area contributed by atoms with E-state index in [2.05, 4.69) is 97.1 Å². The fraction of sp³-hybridized carbons (Fsp3) is 0. The average molecular weight is 550 g/mol. The Bertz CT molecular complexity index is 2500. The van der Waals surface area contributed by atoms with Crippen LogP contribution >= 0.6 is 0 Å². The van der Waals surface area contributed by atoms with Gasteiger partial charge in [0.15, 0.2) is 5.58 Å². The molecule has 0 saturated heterocycles. The van der Waals surface area contributed by atoms with Crippen LogP contribution in [-0.2, 0) is 0 Å². The van der Waals surface area contributed by atoms with Gasteiger partial charge in [0, 0.05) is 38.2 Å². The Kier molecular flexibility index (Phi) is 5.16. The van der Waals surface area contributed by atoms with E-state index in [1.54, 1.807) is 0 Å². The van der Waals surface area contributed by atoms with Crippen LogP contribution < -0.4 is 0 Å². The summed E-state index contributed by atoms with van der Waals surface area (Å²) in [6.45, 7) is 0. The number of pyridine rings is 3. The van der Waals surface area contributed by atoms with Crippen LogP contribution in [0, 0.1) is 0 Å². The van der Waals surface area contributed by atoms with Crippen molar-refractivity contribution in [3.8, 4) is 33.6 Å². The Labute approximate surface area is 246 Å². The minimum absolute atomic E-state index is 0.809. The van der Waals surface area contributed by atoms with E-state index in [1.165, 1.54) is 0 Å². The zero-order valence-electron chi connectivity index (χ0n) is 23.0. The van der Waals surface area contributed by atoms with Gasteiger partial charge in [0.25, 0.3) is 0 Å². The molecule has 0 radical (unpaired) electrons. The van der Waals surface area contributed by atoms with Crippen LogP contribution in [-0.4, -0.2) is 15.0 Å². The highest BCUT2D eigenvalue weighted by Gasteiger charge is 2.18. The largest absolute Gasteiger partial charge is 0.454 e. The molecule has 0 aliphatic heterocycles. The van der Waals surface area contributed by atoms with Crippen LogP contribution in [0.15, 0.2) is 144 Å². The van der Waals surface area contributed by atoms with Crippen molar-refractivity contribution in [3.63, 3.8) is 0 Å². The minimum atomic E-state index is 0.809. The maximum Gasteiger partial charge on any atom is 0.162 e. The predicted octanol–water partition coefficient (Wildman–Crippen LogP) is 10.2. The topological polar surface area (TPSA) is 51.8 Å². The van der Waals surface area contributed by atoms with Crippen LogP contribution in [0.25, 0.3) is 88.4 Å². The first-order valence-electron chi connectivity index (χ1n) is 14.4. The molecular weight excluding hydrogens is 526 g/mol. The first-order valence-corrected chi connectivity index (χ1v) is 14.4. The lowest BCUT2D eigenvalue weighted by atomic mass is 9.97. The van der Waals surface area contributed by atoms with Gasteiger partial charge in [-0.15, -0.1) is 0 Å². The van der Waals surface area contributed by atoms with E-state index in [1.807, 2.05) is 42.5 Å². The van der Waals surface area contributed by atoms with Crippen LogP contribution in [0.5, 0.6) is 0 Å². The molecule has 0 saturated carbocycles. The molecule has 5 aromatic carbocycles. The molecule has 0 bridgehead atoms. The summed E-state index contributed by atoms with van der Waals surface area (Å²) in [6.07, 6.45) is 0. The van der Waals surface area contributed by atoms with Gasteiger partial charge in [0.1, 0.15) is 11.1 Å². The molecule has 0 spiro atoms. The number of nitrogens with zero attached hydrogens (tertiary/aromatic N) is 3. The number of hydrogen-bond acceptors (Lipinski definition) is 4. The molecule has 9 rings (SSSR count). The molecule has 4 nitrogen and oxygen atoms in total. The van der Waals surface area contributed by atoms with Gasteiger partial charge < -0.3 is 4.42 Å². The van der Waals surface area contributed by atoms with Gasteiger partial charge in [-0.3, -0.25) is 0 Å². The van der Waals surface area contributed by atoms with Crippen molar-refractivity contribution in [3.05, 3.63) is 140 Å². The van der Waals surface area contributed by atoms with E-state index < -0.39 is 0 Å². The molecule has 0 aliphatic rings. The Hall–Kier alpha value is -5.87. The predicted molar refractivity (Wildman–Crippen MR) is 176 cm³/mol. The molecule has 0 unspecified atom stereocenters. The SMILES string of the molecule is c1ccc(-c2ccc3ccc4ccc(-c5ccc(-c6c7ccccc7nc7c6oc6ccccc67)cc5)nc4c3n2)cc1. The second-order valence-corrected chi connectivity index (χ2v) is 10.8. The molecular formula is C39H23N3O. The van der Waals surface area contributed by atoms with Crippen LogP contribution in [0.3, 0.4) is 0 Å². The van der Waals surface area contributed by atoms with E-state index in [4.69, 9.17) is 19.4 Å². The number of furan rings is 1. The van der Waals surface area contributed by atoms with Crippen molar-refractivity contribution >= 4 is 54.8 Å². The van der Waals surface area contributed by atoms with Gasteiger partial charge in [0.05, 0.1) is 27.9 Å². The Balaban J connectivity index is 1.19. The molecule has 4 heteroatoms. The Morgan fingerprint density at radius 3 is 1.67 bits per heavy atom. The summed E-state index contributed by atoms with van der Waals surface area (Å²) in [7, 11) is 0. The van der Waals surface area contributed by atoms with E-state index in [-0.39, 0.29) is 0 Å². The molecule has 0 amide bonds. The molecule has 4 heterocycles. The maximum absolute atomic E-state index is 6.41. The van der Waals surface area contributed by atoms with Crippen molar-refractivity contribution in [2.75, 3.05) is 0 Å². The lowest BCUT2D eigenvalue weighted by molar-refractivity contribution is 0.670. The van der Waals surface area contributed by atoms with Crippen molar-refractivity contribution in [2.24, 2.45) is 0 Å². The van der Waals surface area contributed by atoms with E-state index in [0.717, 1.165) is 88.4 Å². The number of rotatable bonds is 3. The van der Waals surface area contributed by atoms with E-state index in [0.29, 0.717) is 0 Å². The van der Waals surface area contributed by atoms with Gasteiger partial charge >= 0.3 is 0 Å². The zero-order chi connectivity index (χ0) is 28.3. The van der Waals surface area contributed by atoms with Gasteiger partial charge in [-0.2, -0.15) is 0 Å². The number of benzene rings is 5. The maximum atomic E-state index is 6.41. The minimum Gasteiger partial charge on any atom is -0.454 e. The highest BCUT2D eigenvalue weighted by atomic mass is 16.3. The number of para-hydroxylation sites is 2. The number of hydrogen-bond donors (Lipinski definition) is 0. The lowest BCUT2D eigenvalue weighted by Gasteiger charge is -2.10. The van der Waals surface area contributed by atoms with Gasteiger partial charge in [-0.05, 0) is 35.9 Å². The van der Waals surface area contributed by atoms with Crippen molar-refractivity contribution < 1.29 is 4.42 Å². The summed E-state index contributed by atoms with van der Waals surface area (Å²) in [5.74, 6) is 0. The molecule has 9 aromatic rings. The lowest BCUT2D eigenvalue weighted by Crippen LogP contribution is -1.91. The summed E-state index contributed by atoms with van der Waals surface area (Å²) < 4.78 is 6.41. The smallest absolute Gasteiger partial charge is 0.162 e. The molecule has 0 fully saturated rings. The average Bonchev–Trinajstić information content (AvgIpc) is 3.45. The second-order valence-electron chi connectivity index (χ2n) is 10.8. The monoisotopic (exact) mass is 549 g/mol. The summed E-state index contributed by atoms with van der Waals surface area (Å²) in [6, 6.07) is 47.9. The first-order chi connectivity index (χ1) is 21.3. The second kappa shape index (κ2) is 9.33. The molecule has 0 aliphatic carbocycles. The van der Waals surface area contributed by atoms with E-state index >= 15 is 0 Å². The fourth-order valence-electron chi connectivity index (χ4n) is 6.13. The van der Waals surface area contributed by atoms with Crippen molar-refractivity contribution in [1.29, 1.82) is 0 Å². The van der Waals surface area contributed by atoms with Gasteiger partial charge in [-0.25, -0.2) is 15.0 Å². The van der Waals surface area contributed by atoms with Crippen LogP contribution in [0.4, 0.5) is 0 Å². The number of aromatic nitrogens is 3. The number of fused-ring (bicyclic) bond motifs is 7. The molecule has 43 heavy (non-hydrogen) atoms. The molecule has 200 valence electrons. The standard InChI is InChI=1S/C39H23N3O/c1-2-8-24(9-3-1)31-22-20-27-18-19-28-21-23-32(41-37(28)36(27)40-31)25-14-16-26(17-15-25)35-29-10-4-6-12-33(29)42-38-30-11-5-7-13-34(30)43-39(35)38/h1-23H. The fourth-order valence-corrected chi connectivity index (χ4v) is 6.13. The quantitative estimate of drug-likeness (QED) is 0.206. The van der Waals surface area contributed by atoms with Crippen LogP contribution in [0.2, 0.25) is 0 Å². The summed E-state index contributed by atoms with van der Waals surface area (Å²) >= 11 is 0. The first kappa shape index (κ1) is 23.8. The van der Waals surface area contributed by atoms with E-state index in [9.17, 15) is 0 Å². The van der Waals surface area contributed by atoms with Crippen molar-refractivity contribution in [1.82, 2.24) is 15.0 Å². The third kappa shape index (κ3) is 3.81. The summed E-state index contributed by atoms with van der Waals surface area (Å²) in [4.78, 5) is 15.2. The molecule has 0 N–H and O–H groups in total. The summed E-state index contributed by atoms with van der Waals surface area (Å²) in [5, 5.41) is 4.24. The van der Waals surface area contributed by atoms with Gasteiger partial charge in [0.2, 0.25) is 0 Å². The normalized spacial score (nSPS) is 11.7. The van der Waals surface area contributed by atoms with Crippen LogP contribution in [0.1, 0.15) is 0 Å². The van der Waals surface area contributed by atoms with Gasteiger partial charge in [-0.1, -0.05) is 109 Å². The zero-order valence-corrected chi connectivity index (χ0v) is 23.0.